The van der Waals surface area contributed by atoms with Crippen molar-refractivity contribution in [3.63, 3.8) is 0 Å². The van der Waals surface area contributed by atoms with Crippen molar-refractivity contribution in [3.8, 4) is 11.5 Å². The van der Waals surface area contributed by atoms with Crippen LogP contribution in [-0.4, -0.2) is 46.3 Å². The van der Waals surface area contributed by atoms with Gasteiger partial charge >= 0.3 is 0 Å². The van der Waals surface area contributed by atoms with E-state index in [0.29, 0.717) is 17.1 Å². The van der Waals surface area contributed by atoms with Crippen molar-refractivity contribution < 1.29 is 23.1 Å². The van der Waals surface area contributed by atoms with Crippen LogP contribution < -0.4 is 9.64 Å². The average molecular weight is 410 g/mol. The topological polar surface area (TPSA) is 75.6 Å². The fourth-order valence-electron chi connectivity index (χ4n) is 3.02. The van der Waals surface area contributed by atoms with Crippen LogP contribution in [0.5, 0.6) is 11.5 Å². The third-order valence-corrected chi connectivity index (χ3v) is 4.49. The molecule has 1 saturated heterocycles. The second kappa shape index (κ2) is 8.24. The first kappa shape index (κ1) is 19.4. The molecule has 1 aromatic heterocycles. The number of amides is 2. The van der Waals surface area contributed by atoms with E-state index in [0.717, 1.165) is 12.4 Å². The van der Waals surface area contributed by atoms with E-state index in [-0.39, 0.29) is 43.2 Å². The van der Waals surface area contributed by atoms with Crippen LogP contribution in [-0.2, 0) is 4.79 Å². The molecular weight excluding hydrogens is 394 g/mol. The van der Waals surface area contributed by atoms with Crippen LogP contribution in [0.1, 0.15) is 10.4 Å². The lowest BCUT2D eigenvalue weighted by Crippen LogP contribution is -2.52. The molecule has 152 valence electrons. The van der Waals surface area contributed by atoms with Crippen LogP contribution in [0, 0.1) is 11.6 Å². The second-order valence-electron chi connectivity index (χ2n) is 6.56. The molecule has 0 N–H and O–H groups in total. The molecule has 2 heterocycles. The van der Waals surface area contributed by atoms with Crippen molar-refractivity contribution in [2.75, 3.05) is 24.5 Å². The normalized spacial score (nSPS) is 14.0. The zero-order chi connectivity index (χ0) is 21.1. The number of carbonyl (C=O) groups is 2. The maximum atomic E-state index is 13.0. The Labute approximate surface area is 170 Å². The van der Waals surface area contributed by atoms with E-state index in [4.69, 9.17) is 4.74 Å². The fraction of sp³-hybridized carbons (Fsp3) is 0.143. The number of halogens is 2. The molecule has 0 atom stereocenters. The summed E-state index contributed by atoms with van der Waals surface area (Å²) in [5.41, 5.74) is 0.355. The predicted molar refractivity (Wildman–Crippen MR) is 103 cm³/mol. The summed E-state index contributed by atoms with van der Waals surface area (Å²) in [5, 5.41) is 0. The maximum Gasteiger partial charge on any atom is 0.254 e. The van der Waals surface area contributed by atoms with Gasteiger partial charge in [-0.05, 0) is 42.5 Å². The summed E-state index contributed by atoms with van der Waals surface area (Å²) < 4.78 is 31.7. The number of hydrogen-bond acceptors (Lipinski definition) is 5. The molecule has 2 aromatic carbocycles. The van der Waals surface area contributed by atoms with E-state index in [9.17, 15) is 18.4 Å². The first-order valence-electron chi connectivity index (χ1n) is 9.10. The zero-order valence-corrected chi connectivity index (χ0v) is 15.7. The molecule has 0 saturated carbocycles. The number of anilines is 1. The molecule has 1 fully saturated rings. The summed E-state index contributed by atoms with van der Waals surface area (Å²) in [6.45, 7) is 0.318. The SMILES string of the molecule is O=C(c1cccc(Oc2ccc(F)cc2)c1)N1CCN(c2ncc(F)cn2)C(=O)C1. The molecule has 1 aliphatic rings. The van der Waals surface area contributed by atoms with Crippen molar-refractivity contribution >= 4 is 17.8 Å². The molecule has 0 unspecified atom stereocenters. The molecule has 1 aliphatic heterocycles. The van der Waals surface area contributed by atoms with Crippen molar-refractivity contribution in [1.29, 1.82) is 0 Å². The highest BCUT2D eigenvalue weighted by Gasteiger charge is 2.30. The molecule has 7 nitrogen and oxygen atoms in total. The lowest BCUT2D eigenvalue weighted by atomic mass is 10.1. The highest BCUT2D eigenvalue weighted by atomic mass is 19.1. The third-order valence-electron chi connectivity index (χ3n) is 4.49. The van der Waals surface area contributed by atoms with Gasteiger partial charge in [0.15, 0.2) is 5.82 Å². The third kappa shape index (κ3) is 4.24. The van der Waals surface area contributed by atoms with E-state index in [1.165, 1.54) is 34.1 Å². The minimum absolute atomic E-state index is 0.100. The Balaban J connectivity index is 1.44. The van der Waals surface area contributed by atoms with E-state index < -0.39 is 5.82 Å². The van der Waals surface area contributed by atoms with Crippen molar-refractivity contribution in [2.24, 2.45) is 0 Å². The van der Waals surface area contributed by atoms with Gasteiger partial charge in [-0.25, -0.2) is 18.7 Å². The first-order valence-corrected chi connectivity index (χ1v) is 9.10. The van der Waals surface area contributed by atoms with Crippen LogP contribution in [0.25, 0.3) is 0 Å². The van der Waals surface area contributed by atoms with Gasteiger partial charge in [0.25, 0.3) is 5.91 Å². The Hall–Kier alpha value is -3.88. The number of aromatic nitrogens is 2. The molecule has 2 amide bonds. The number of benzene rings is 2. The zero-order valence-electron chi connectivity index (χ0n) is 15.7. The van der Waals surface area contributed by atoms with Gasteiger partial charge < -0.3 is 9.64 Å². The van der Waals surface area contributed by atoms with Crippen LogP contribution in [0.3, 0.4) is 0 Å². The smallest absolute Gasteiger partial charge is 0.254 e. The van der Waals surface area contributed by atoms with Gasteiger partial charge in [0.2, 0.25) is 11.9 Å². The minimum Gasteiger partial charge on any atom is -0.457 e. The van der Waals surface area contributed by atoms with Crippen LogP contribution in [0.4, 0.5) is 14.7 Å². The first-order chi connectivity index (χ1) is 14.5. The van der Waals surface area contributed by atoms with E-state index in [1.807, 2.05) is 0 Å². The lowest BCUT2D eigenvalue weighted by Gasteiger charge is -2.33. The predicted octanol–water partition coefficient (Wildman–Crippen LogP) is 3.04. The number of carbonyl (C=O) groups excluding carboxylic acids is 2. The molecule has 0 bridgehead atoms. The molecule has 0 spiro atoms. The van der Waals surface area contributed by atoms with Gasteiger partial charge in [-0.15, -0.1) is 0 Å². The van der Waals surface area contributed by atoms with Crippen molar-refractivity contribution in [3.05, 3.63) is 78.1 Å². The molecule has 3 aromatic rings. The molecule has 0 aliphatic carbocycles. The standard InChI is InChI=1S/C21H16F2N4O3/c22-15-4-6-17(7-5-15)30-18-3-1-2-14(10-18)20(29)26-8-9-27(19(28)13-26)21-24-11-16(23)12-25-21/h1-7,10-12H,8-9,13H2. The Kier molecular flexibility index (Phi) is 5.34. The van der Waals surface area contributed by atoms with Gasteiger partial charge in [-0.3, -0.25) is 14.5 Å². The second-order valence-corrected chi connectivity index (χ2v) is 6.56. The Morgan fingerprint density at radius 3 is 2.37 bits per heavy atom. The van der Waals surface area contributed by atoms with Gasteiger partial charge in [0.05, 0.1) is 12.4 Å². The van der Waals surface area contributed by atoms with E-state index >= 15 is 0 Å². The summed E-state index contributed by atoms with van der Waals surface area (Å²) in [5.74, 6) is -0.708. The van der Waals surface area contributed by atoms with Gasteiger partial charge in [-0.2, -0.15) is 0 Å². The number of hydrogen-bond donors (Lipinski definition) is 0. The summed E-state index contributed by atoms with van der Waals surface area (Å²) in [6, 6.07) is 12.1. The highest BCUT2D eigenvalue weighted by Crippen LogP contribution is 2.23. The average Bonchev–Trinajstić information content (AvgIpc) is 2.76. The molecule has 30 heavy (non-hydrogen) atoms. The quantitative estimate of drug-likeness (QED) is 0.661. The monoisotopic (exact) mass is 410 g/mol. The van der Waals surface area contributed by atoms with Crippen molar-refractivity contribution in [2.45, 2.75) is 0 Å². The van der Waals surface area contributed by atoms with Crippen molar-refractivity contribution in [1.82, 2.24) is 14.9 Å². The summed E-state index contributed by atoms with van der Waals surface area (Å²) in [6.07, 6.45) is 1.97. The largest absolute Gasteiger partial charge is 0.457 e. The Morgan fingerprint density at radius 1 is 0.933 bits per heavy atom. The Morgan fingerprint density at radius 2 is 1.67 bits per heavy atom. The van der Waals surface area contributed by atoms with Crippen LogP contribution in [0.15, 0.2) is 60.9 Å². The van der Waals surface area contributed by atoms with E-state index in [1.54, 1.807) is 24.3 Å². The molecule has 4 rings (SSSR count). The van der Waals surface area contributed by atoms with Gasteiger partial charge in [0.1, 0.15) is 23.9 Å². The van der Waals surface area contributed by atoms with Crippen LogP contribution >= 0.6 is 0 Å². The number of rotatable bonds is 4. The van der Waals surface area contributed by atoms with E-state index in [2.05, 4.69) is 9.97 Å². The van der Waals surface area contributed by atoms with Gasteiger partial charge in [-0.1, -0.05) is 6.07 Å². The Bertz CT molecular complexity index is 1070. The van der Waals surface area contributed by atoms with Crippen LogP contribution in [0.2, 0.25) is 0 Å². The molecule has 0 radical (unpaired) electrons. The summed E-state index contributed by atoms with van der Waals surface area (Å²) in [4.78, 5) is 35.7. The number of ether oxygens (including phenoxy) is 1. The highest BCUT2D eigenvalue weighted by molar-refractivity contribution is 6.01. The lowest BCUT2D eigenvalue weighted by molar-refractivity contribution is -0.120. The fourth-order valence-corrected chi connectivity index (χ4v) is 3.02. The molecule has 9 heteroatoms. The number of nitrogens with zero attached hydrogens (tertiary/aromatic N) is 4. The number of piperazine rings is 1. The summed E-state index contributed by atoms with van der Waals surface area (Å²) >= 11 is 0. The molecular formula is C21H16F2N4O3. The minimum atomic E-state index is -0.595. The van der Waals surface area contributed by atoms with Gasteiger partial charge in [0, 0.05) is 18.7 Å². The summed E-state index contributed by atoms with van der Waals surface area (Å²) in [7, 11) is 0. The maximum absolute atomic E-state index is 13.0.